The van der Waals surface area contributed by atoms with Crippen molar-refractivity contribution in [3.63, 3.8) is 0 Å². The standard InChI is InChI=1S/C27H28F2N6OS/c1-3-27(25(30)36,22-11-20(9-4-16(22)2)32-21-12-31-13-21)35-14-19(29)10-23-24(35)34-26(33-23)37-15-17-5-7-18(28)8-6-17/h4-11,14,21,31-32H,3,12-13,15H2,1-2H3,(H2,30,36). The molecule has 7 nitrogen and oxygen atoms in total. The second-order valence-corrected chi connectivity index (χ2v) is 10.2. The highest BCUT2D eigenvalue weighted by molar-refractivity contribution is 7.98. The van der Waals surface area contributed by atoms with Crippen LogP contribution in [0.25, 0.3) is 11.5 Å². The van der Waals surface area contributed by atoms with Gasteiger partial charge in [0.2, 0.25) is 5.91 Å². The van der Waals surface area contributed by atoms with Gasteiger partial charge in [-0.1, -0.05) is 36.9 Å². The Morgan fingerprint density at radius 3 is 2.57 bits per heavy atom. The summed E-state index contributed by atoms with van der Waals surface area (Å²) in [6.07, 6.45) is 1.56. The number of thioether (sulfide) groups is 1. The summed E-state index contributed by atoms with van der Waals surface area (Å²) in [6.45, 7) is 5.48. The van der Waals surface area contributed by atoms with Gasteiger partial charge in [0.1, 0.15) is 22.9 Å². The summed E-state index contributed by atoms with van der Waals surface area (Å²) in [7, 11) is 0. The molecule has 10 heteroatoms. The fourth-order valence-corrected chi connectivity index (χ4v) is 5.54. The third kappa shape index (κ3) is 4.78. The molecule has 2 aromatic carbocycles. The minimum Gasteiger partial charge on any atom is -0.380 e. The number of pyridine rings is 1. The van der Waals surface area contributed by atoms with Gasteiger partial charge in [0.05, 0.1) is 6.04 Å². The molecular weight excluding hydrogens is 494 g/mol. The van der Waals surface area contributed by atoms with Crippen LogP contribution < -0.4 is 16.4 Å². The smallest absolute Gasteiger partial charge is 0.248 e. The van der Waals surface area contributed by atoms with Gasteiger partial charge in [-0.25, -0.2) is 18.7 Å². The molecule has 2 aromatic rings. The topological polar surface area (TPSA) is 97.9 Å². The lowest BCUT2D eigenvalue weighted by molar-refractivity contribution is -0.124. The minimum atomic E-state index is -1.39. The maximum atomic E-state index is 14.9. The van der Waals surface area contributed by atoms with E-state index < -0.39 is 17.3 Å². The van der Waals surface area contributed by atoms with Crippen molar-refractivity contribution in [2.45, 2.75) is 42.8 Å². The number of benzene rings is 2. The Morgan fingerprint density at radius 1 is 1.16 bits per heavy atom. The fraction of sp³-hybridized carbons (Fsp3) is 0.296. The van der Waals surface area contributed by atoms with E-state index in [1.807, 2.05) is 32.0 Å². The summed E-state index contributed by atoms with van der Waals surface area (Å²) in [5, 5.41) is 7.13. The van der Waals surface area contributed by atoms with E-state index in [1.165, 1.54) is 40.7 Å². The van der Waals surface area contributed by atoms with Gasteiger partial charge in [0.15, 0.2) is 11.0 Å². The summed E-state index contributed by atoms with van der Waals surface area (Å²) >= 11 is 1.35. The molecule has 1 unspecified atom stereocenters. The zero-order chi connectivity index (χ0) is 26.2. The lowest BCUT2D eigenvalue weighted by Gasteiger charge is -2.36. The SMILES string of the molecule is CCC(C(N)=O)(c1cc(NC2CNC2)ccc1C)n1cc(F)cc2nc(SCc3ccc(F)cc3)nc1-2. The van der Waals surface area contributed by atoms with Gasteiger partial charge in [-0.3, -0.25) is 4.79 Å². The highest BCUT2D eigenvalue weighted by Gasteiger charge is 2.42. The Balaban J connectivity index is 1.58. The Morgan fingerprint density at radius 2 is 1.92 bits per heavy atom. The number of primary amides is 1. The number of carbonyl (C=O) groups excluding carboxylic acids is 1. The van der Waals surface area contributed by atoms with Crippen molar-refractivity contribution >= 4 is 23.4 Å². The van der Waals surface area contributed by atoms with E-state index in [4.69, 9.17) is 5.73 Å². The Hall–Kier alpha value is -3.50. The van der Waals surface area contributed by atoms with Gasteiger partial charge < -0.3 is 20.9 Å². The average molecular weight is 523 g/mol. The normalized spacial score (nSPS) is 15.4. The Bertz CT molecular complexity index is 1400. The van der Waals surface area contributed by atoms with Crippen molar-refractivity contribution in [1.29, 1.82) is 0 Å². The lowest BCUT2D eigenvalue weighted by Crippen LogP contribution is -2.51. The maximum absolute atomic E-state index is 14.9. The van der Waals surface area contributed by atoms with Crippen LogP contribution in [0.5, 0.6) is 0 Å². The second kappa shape index (κ2) is 10.1. The average Bonchev–Trinajstić information content (AvgIpc) is 3.26. The Kier molecular flexibility index (Phi) is 6.87. The summed E-state index contributed by atoms with van der Waals surface area (Å²) in [5.74, 6) is -0.585. The number of carbonyl (C=O) groups is 1. The number of aryl methyl sites for hydroxylation is 1. The van der Waals surface area contributed by atoms with E-state index in [0.29, 0.717) is 34.0 Å². The number of amides is 1. The summed E-state index contributed by atoms with van der Waals surface area (Å²) in [4.78, 5) is 22.5. The molecule has 0 spiro atoms. The van der Waals surface area contributed by atoms with Gasteiger partial charge in [0.25, 0.3) is 0 Å². The largest absolute Gasteiger partial charge is 0.380 e. The van der Waals surface area contributed by atoms with Crippen molar-refractivity contribution in [3.8, 4) is 11.5 Å². The van der Waals surface area contributed by atoms with Gasteiger partial charge in [-0.05, 0) is 54.3 Å². The summed E-state index contributed by atoms with van der Waals surface area (Å²) < 4.78 is 29.7. The van der Waals surface area contributed by atoms with E-state index in [2.05, 4.69) is 20.6 Å². The van der Waals surface area contributed by atoms with Crippen molar-refractivity contribution in [1.82, 2.24) is 19.9 Å². The minimum absolute atomic E-state index is 0.283. The zero-order valence-electron chi connectivity index (χ0n) is 20.6. The van der Waals surface area contributed by atoms with Crippen LogP contribution in [0.3, 0.4) is 0 Å². The van der Waals surface area contributed by atoms with E-state index in [-0.39, 0.29) is 12.2 Å². The molecule has 1 amide bonds. The van der Waals surface area contributed by atoms with E-state index in [0.717, 1.165) is 29.9 Å². The Labute approximate surface area is 218 Å². The predicted molar refractivity (Wildman–Crippen MR) is 141 cm³/mol. The van der Waals surface area contributed by atoms with Crippen molar-refractivity contribution in [2.75, 3.05) is 18.4 Å². The first kappa shape index (κ1) is 25.2. The quantitative estimate of drug-likeness (QED) is 0.284. The van der Waals surface area contributed by atoms with Crippen LogP contribution in [0.2, 0.25) is 0 Å². The van der Waals surface area contributed by atoms with E-state index in [1.54, 1.807) is 12.1 Å². The van der Waals surface area contributed by atoms with Gasteiger partial charge in [-0.2, -0.15) is 0 Å². The summed E-state index contributed by atoms with van der Waals surface area (Å²) in [6, 6.07) is 13.6. The first-order valence-corrected chi connectivity index (χ1v) is 13.1. The number of nitrogens with two attached hydrogens (primary N) is 1. The first-order chi connectivity index (χ1) is 17.8. The number of nitrogens with zero attached hydrogens (tertiary/aromatic N) is 3. The number of fused-ring (bicyclic) bond motifs is 1. The molecule has 4 N–H and O–H groups in total. The third-order valence-corrected chi connectivity index (χ3v) is 7.77. The molecule has 37 heavy (non-hydrogen) atoms. The highest BCUT2D eigenvalue weighted by atomic mass is 32.2. The van der Waals surface area contributed by atoms with Crippen molar-refractivity contribution in [2.24, 2.45) is 5.73 Å². The fourth-order valence-electron chi connectivity index (χ4n) is 4.74. The summed E-state index contributed by atoms with van der Waals surface area (Å²) in [5.41, 5.74) is 8.35. The van der Waals surface area contributed by atoms with Crippen molar-refractivity contribution in [3.05, 3.63) is 83.1 Å². The van der Waals surface area contributed by atoms with Crippen molar-refractivity contribution < 1.29 is 13.6 Å². The molecule has 3 aliphatic rings. The number of anilines is 1. The molecule has 1 saturated heterocycles. The number of aromatic nitrogens is 3. The third-order valence-electron chi connectivity index (χ3n) is 6.85. The van der Waals surface area contributed by atoms with Crippen LogP contribution in [-0.4, -0.2) is 39.6 Å². The number of nitrogens with one attached hydrogen (secondary N) is 2. The van der Waals surface area contributed by atoms with Crippen LogP contribution in [0.1, 0.15) is 30.0 Å². The van der Waals surface area contributed by atoms with Gasteiger partial charge in [0, 0.05) is 36.8 Å². The number of hydrogen-bond acceptors (Lipinski definition) is 6. The number of imidazole rings is 1. The number of rotatable bonds is 9. The highest BCUT2D eigenvalue weighted by Crippen LogP contribution is 2.39. The van der Waals surface area contributed by atoms with Crippen LogP contribution in [0.15, 0.2) is 59.9 Å². The van der Waals surface area contributed by atoms with Gasteiger partial charge >= 0.3 is 0 Å². The molecule has 3 heterocycles. The molecule has 0 bridgehead atoms. The molecule has 192 valence electrons. The molecule has 1 fully saturated rings. The first-order valence-electron chi connectivity index (χ1n) is 12.1. The maximum Gasteiger partial charge on any atom is 0.248 e. The predicted octanol–water partition coefficient (Wildman–Crippen LogP) is 4.28. The van der Waals surface area contributed by atoms with Crippen LogP contribution in [0, 0.1) is 18.6 Å². The molecular formula is C27H28F2N6OS. The van der Waals surface area contributed by atoms with Crippen LogP contribution in [-0.2, 0) is 16.1 Å². The molecule has 1 atom stereocenters. The molecule has 0 saturated carbocycles. The molecule has 0 aliphatic carbocycles. The van der Waals surface area contributed by atoms with Gasteiger partial charge in [-0.15, -0.1) is 0 Å². The number of hydrogen-bond donors (Lipinski definition) is 3. The number of halogens is 2. The molecule has 3 aliphatic heterocycles. The second-order valence-electron chi connectivity index (χ2n) is 9.27. The monoisotopic (exact) mass is 522 g/mol. The van der Waals surface area contributed by atoms with E-state index in [9.17, 15) is 13.6 Å². The van der Waals surface area contributed by atoms with Crippen LogP contribution in [0.4, 0.5) is 14.5 Å². The molecule has 0 aromatic heterocycles. The van der Waals surface area contributed by atoms with Crippen LogP contribution >= 0.6 is 11.8 Å². The van der Waals surface area contributed by atoms with E-state index >= 15 is 0 Å². The zero-order valence-corrected chi connectivity index (χ0v) is 21.4. The molecule has 5 rings (SSSR count). The lowest BCUT2D eigenvalue weighted by atomic mass is 9.82. The molecule has 0 radical (unpaired) electrons.